The molecule has 0 atom stereocenters. The number of nitrogens with zero attached hydrogens (tertiary/aromatic N) is 1. The van der Waals surface area contributed by atoms with Crippen molar-refractivity contribution in [3.05, 3.63) is 34.9 Å². The van der Waals surface area contributed by atoms with E-state index in [0.29, 0.717) is 18.1 Å². The van der Waals surface area contributed by atoms with Crippen LogP contribution >= 0.6 is 11.6 Å². The Labute approximate surface area is 106 Å². The Bertz CT molecular complexity index is 422. The van der Waals surface area contributed by atoms with Crippen LogP contribution in [0.15, 0.2) is 24.3 Å². The summed E-state index contributed by atoms with van der Waals surface area (Å²) in [6, 6.07) is 7.32. The van der Waals surface area contributed by atoms with E-state index in [1.54, 1.807) is 17.0 Å². The smallest absolute Gasteiger partial charge is 0.232 e. The van der Waals surface area contributed by atoms with E-state index in [2.05, 4.69) is 0 Å². The fourth-order valence-corrected chi connectivity index (χ4v) is 2.13. The maximum absolute atomic E-state index is 12.3. The van der Waals surface area contributed by atoms with Crippen molar-refractivity contribution in [2.24, 2.45) is 0 Å². The van der Waals surface area contributed by atoms with Gasteiger partial charge in [-0.2, -0.15) is 0 Å². The highest BCUT2D eigenvalue weighted by Crippen LogP contribution is 2.28. The van der Waals surface area contributed by atoms with Gasteiger partial charge in [0.1, 0.15) is 0 Å². The molecule has 1 aliphatic heterocycles. The lowest BCUT2D eigenvalue weighted by molar-refractivity contribution is -0.146. The molecule has 0 radical (unpaired) electrons. The van der Waals surface area contributed by atoms with Crippen molar-refractivity contribution in [2.75, 3.05) is 13.1 Å². The van der Waals surface area contributed by atoms with Gasteiger partial charge in [0.05, 0.1) is 11.5 Å². The SMILES string of the molecule is CC(C)(C(=O)N1CC(O)C1)c1ccc(Cl)cc1. The van der Waals surface area contributed by atoms with Crippen molar-refractivity contribution in [1.82, 2.24) is 4.90 Å². The van der Waals surface area contributed by atoms with E-state index in [-0.39, 0.29) is 12.0 Å². The summed E-state index contributed by atoms with van der Waals surface area (Å²) >= 11 is 5.83. The minimum Gasteiger partial charge on any atom is -0.389 e. The molecule has 0 bridgehead atoms. The van der Waals surface area contributed by atoms with Gasteiger partial charge >= 0.3 is 0 Å². The summed E-state index contributed by atoms with van der Waals surface area (Å²) in [4.78, 5) is 13.9. The molecule has 2 rings (SSSR count). The molecule has 0 aromatic heterocycles. The highest BCUT2D eigenvalue weighted by molar-refractivity contribution is 6.30. The van der Waals surface area contributed by atoms with Crippen molar-refractivity contribution in [3.8, 4) is 0 Å². The third-order valence-electron chi connectivity index (χ3n) is 3.25. The number of carbonyl (C=O) groups is 1. The molecular formula is C13H16ClNO2. The fraction of sp³-hybridized carbons (Fsp3) is 0.462. The van der Waals surface area contributed by atoms with E-state index in [0.717, 1.165) is 5.56 Å². The number of amides is 1. The van der Waals surface area contributed by atoms with Gasteiger partial charge in [-0.1, -0.05) is 23.7 Å². The van der Waals surface area contributed by atoms with E-state index >= 15 is 0 Å². The van der Waals surface area contributed by atoms with E-state index in [1.807, 2.05) is 26.0 Å². The van der Waals surface area contributed by atoms with E-state index in [4.69, 9.17) is 11.6 Å². The predicted octanol–water partition coefficient (Wildman–Crippen LogP) is 1.82. The normalized spacial score (nSPS) is 16.8. The quantitative estimate of drug-likeness (QED) is 0.874. The topological polar surface area (TPSA) is 40.5 Å². The van der Waals surface area contributed by atoms with Crippen molar-refractivity contribution < 1.29 is 9.90 Å². The first-order valence-electron chi connectivity index (χ1n) is 5.65. The Morgan fingerprint density at radius 2 is 1.88 bits per heavy atom. The maximum atomic E-state index is 12.3. The average Bonchev–Trinajstić information content (AvgIpc) is 2.24. The number of aliphatic hydroxyl groups excluding tert-OH is 1. The number of carbonyl (C=O) groups excluding carboxylic acids is 1. The van der Waals surface area contributed by atoms with Crippen LogP contribution in [0.4, 0.5) is 0 Å². The molecule has 17 heavy (non-hydrogen) atoms. The van der Waals surface area contributed by atoms with Crippen molar-refractivity contribution in [2.45, 2.75) is 25.4 Å². The molecule has 92 valence electrons. The monoisotopic (exact) mass is 253 g/mol. The van der Waals surface area contributed by atoms with Crippen LogP contribution in [0.25, 0.3) is 0 Å². The number of aliphatic hydroxyl groups is 1. The van der Waals surface area contributed by atoms with Crippen LogP contribution in [0.5, 0.6) is 0 Å². The molecule has 1 amide bonds. The number of hydrogen-bond donors (Lipinski definition) is 1. The molecule has 1 heterocycles. The number of benzene rings is 1. The van der Waals surface area contributed by atoms with E-state index < -0.39 is 5.41 Å². The van der Waals surface area contributed by atoms with Crippen LogP contribution in [0.2, 0.25) is 5.02 Å². The molecule has 4 heteroatoms. The molecule has 1 saturated heterocycles. The molecule has 1 fully saturated rings. The van der Waals surface area contributed by atoms with Crippen LogP contribution in [0.3, 0.4) is 0 Å². The van der Waals surface area contributed by atoms with Crippen LogP contribution in [0, 0.1) is 0 Å². The van der Waals surface area contributed by atoms with Gasteiger partial charge < -0.3 is 10.0 Å². The van der Waals surface area contributed by atoms with Gasteiger partial charge in [0.15, 0.2) is 0 Å². The first kappa shape index (κ1) is 12.4. The van der Waals surface area contributed by atoms with E-state index in [9.17, 15) is 9.90 Å². The summed E-state index contributed by atoms with van der Waals surface area (Å²) < 4.78 is 0. The van der Waals surface area contributed by atoms with Gasteiger partial charge in [-0.25, -0.2) is 0 Å². The molecule has 0 unspecified atom stereocenters. The third kappa shape index (κ3) is 2.31. The van der Waals surface area contributed by atoms with Crippen LogP contribution in [-0.2, 0) is 10.2 Å². The van der Waals surface area contributed by atoms with Gasteiger partial charge in [-0.3, -0.25) is 4.79 Å². The van der Waals surface area contributed by atoms with Gasteiger partial charge in [-0.15, -0.1) is 0 Å². The molecule has 1 aromatic rings. The molecule has 0 saturated carbocycles. The predicted molar refractivity (Wildman–Crippen MR) is 67.1 cm³/mol. The van der Waals surface area contributed by atoms with Gasteiger partial charge in [0, 0.05) is 18.1 Å². The summed E-state index contributed by atoms with van der Waals surface area (Å²) in [5.41, 5.74) is 0.360. The molecule has 1 N–H and O–H groups in total. The lowest BCUT2D eigenvalue weighted by atomic mass is 9.82. The molecule has 3 nitrogen and oxygen atoms in total. The minimum atomic E-state index is -0.579. The number of rotatable bonds is 2. The molecule has 1 aliphatic rings. The Morgan fingerprint density at radius 1 is 1.35 bits per heavy atom. The second kappa shape index (κ2) is 4.31. The third-order valence-corrected chi connectivity index (χ3v) is 3.50. The minimum absolute atomic E-state index is 0.0464. The van der Waals surface area contributed by atoms with Gasteiger partial charge in [0.2, 0.25) is 5.91 Å². The second-order valence-corrected chi connectivity index (χ2v) is 5.43. The van der Waals surface area contributed by atoms with Crippen molar-refractivity contribution in [1.29, 1.82) is 0 Å². The molecule has 1 aromatic carbocycles. The Kier molecular flexibility index (Phi) is 3.15. The summed E-state index contributed by atoms with van der Waals surface area (Å²) in [7, 11) is 0. The zero-order chi connectivity index (χ0) is 12.6. The number of β-amino-alcohol motifs (C(OH)–C–C–N with tert-alkyl or cyclic N) is 1. The number of likely N-dealkylation sites (tertiary alicyclic amines) is 1. The van der Waals surface area contributed by atoms with Crippen molar-refractivity contribution in [3.63, 3.8) is 0 Å². The van der Waals surface area contributed by atoms with Crippen molar-refractivity contribution >= 4 is 17.5 Å². The zero-order valence-electron chi connectivity index (χ0n) is 9.98. The van der Waals surface area contributed by atoms with Crippen LogP contribution in [-0.4, -0.2) is 35.1 Å². The Balaban J connectivity index is 2.17. The summed E-state index contributed by atoms with van der Waals surface area (Å²) in [6.45, 7) is 4.66. The first-order chi connectivity index (χ1) is 7.91. The maximum Gasteiger partial charge on any atom is 0.232 e. The van der Waals surface area contributed by atoms with Gasteiger partial charge in [0.25, 0.3) is 0 Å². The highest BCUT2D eigenvalue weighted by atomic mass is 35.5. The zero-order valence-corrected chi connectivity index (χ0v) is 10.7. The van der Waals surface area contributed by atoms with E-state index in [1.165, 1.54) is 0 Å². The molecule has 0 spiro atoms. The largest absolute Gasteiger partial charge is 0.389 e. The molecule has 0 aliphatic carbocycles. The fourth-order valence-electron chi connectivity index (χ4n) is 2.01. The van der Waals surface area contributed by atoms with Crippen LogP contribution < -0.4 is 0 Å². The Hall–Kier alpha value is -1.06. The lowest BCUT2D eigenvalue weighted by Gasteiger charge is -2.40. The molecular weight excluding hydrogens is 238 g/mol. The number of hydrogen-bond acceptors (Lipinski definition) is 2. The Morgan fingerprint density at radius 3 is 2.35 bits per heavy atom. The first-order valence-corrected chi connectivity index (χ1v) is 6.02. The summed E-state index contributed by atoms with van der Waals surface area (Å²) in [5.74, 6) is 0.0464. The summed E-state index contributed by atoms with van der Waals surface area (Å²) in [6.07, 6.45) is -0.361. The number of halogens is 1. The van der Waals surface area contributed by atoms with Crippen LogP contribution in [0.1, 0.15) is 19.4 Å². The summed E-state index contributed by atoms with van der Waals surface area (Å²) in [5, 5.41) is 9.89. The highest BCUT2D eigenvalue weighted by Gasteiger charge is 2.38. The van der Waals surface area contributed by atoms with Gasteiger partial charge in [-0.05, 0) is 31.5 Å². The average molecular weight is 254 g/mol. The second-order valence-electron chi connectivity index (χ2n) is 5.00. The standard InChI is InChI=1S/C13H16ClNO2/c1-13(2,9-3-5-10(14)6-4-9)12(17)15-7-11(16)8-15/h3-6,11,16H,7-8H2,1-2H3. The lowest BCUT2D eigenvalue weighted by Crippen LogP contribution is -2.57.